The molecule has 0 unspecified atom stereocenters. The number of hydrogen-bond acceptors (Lipinski definition) is 3. The molecular weight excluding hydrogens is 351 g/mol. The Labute approximate surface area is 131 Å². The van der Waals surface area contributed by atoms with E-state index in [-0.39, 0.29) is 24.1 Å². The van der Waals surface area contributed by atoms with Crippen molar-refractivity contribution in [2.75, 3.05) is 13.2 Å². The van der Waals surface area contributed by atoms with Gasteiger partial charge in [0, 0.05) is 24.2 Å². The molecule has 0 bridgehead atoms. The lowest BCUT2D eigenvalue weighted by atomic mass is 9.90. The number of amides is 1. The Morgan fingerprint density at radius 1 is 1.45 bits per heavy atom. The van der Waals surface area contributed by atoms with E-state index in [9.17, 15) is 9.18 Å². The number of hydrogen-bond donors (Lipinski definition) is 2. The number of carbonyl (C=O) groups is 1. The first-order valence-corrected chi connectivity index (χ1v) is 6.89. The molecule has 4 nitrogen and oxygen atoms in total. The lowest BCUT2D eigenvalue weighted by Crippen LogP contribution is -2.56. The third-order valence-corrected chi connectivity index (χ3v) is 4.03. The summed E-state index contributed by atoms with van der Waals surface area (Å²) in [5, 5.41) is 2.80. The van der Waals surface area contributed by atoms with E-state index in [0.717, 1.165) is 5.56 Å². The molecule has 0 radical (unpaired) electrons. The Hall–Kier alpha value is -0.690. The Bertz CT molecular complexity index is 481. The Balaban J connectivity index is 0.00000200. The van der Waals surface area contributed by atoms with E-state index in [1.54, 1.807) is 6.07 Å². The molecule has 1 aliphatic heterocycles. The van der Waals surface area contributed by atoms with E-state index in [4.69, 9.17) is 10.5 Å². The predicted molar refractivity (Wildman–Crippen MR) is 80.2 cm³/mol. The summed E-state index contributed by atoms with van der Waals surface area (Å²) in [6.07, 6.45) is 1.03. The van der Waals surface area contributed by atoms with E-state index in [2.05, 4.69) is 21.2 Å². The third-order valence-electron chi connectivity index (χ3n) is 3.29. The zero-order valence-electron chi connectivity index (χ0n) is 10.8. The zero-order chi connectivity index (χ0) is 13.9. The maximum Gasteiger partial charge on any atom is 0.240 e. The smallest absolute Gasteiger partial charge is 0.240 e. The van der Waals surface area contributed by atoms with Crippen LogP contribution in [0.2, 0.25) is 0 Å². The fourth-order valence-corrected chi connectivity index (χ4v) is 2.47. The molecule has 112 valence electrons. The Morgan fingerprint density at radius 3 is 2.70 bits per heavy atom. The lowest BCUT2D eigenvalue weighted by Gasteiger charge is -2.31. The largest absolute Gasteiger partial charge is 0.381 e. The molecule has 1 amide bonds. The summed E-state index contributed by atoms with van der Waals surface area (Å²) in [7, 11) is 0. The summed E-state index contributed by atoms with van der Waals surface area (Å²) in [6, 6.07) is 4.36. The number of halogens is 3. The molecule has 1 saturated heterocycles. The first-order chi connectivity index (χ1) is 9.01. The van der Waals surface area contributed by atoms with Crippen LogP contribution in [0.25, 0.3) is 0 Å². The summed E-state index contributed by atoms with van der Waals surface area (Å²) < 4.78 is 18.8. The van der Waals surface area contributed by atoms with Crippen molar-refractivity contribution in [1.82, 2.24) is 5.32 Å². The van der Waals surface area contributed by atoms with Gasteiger partial charge in [0.15, 0.2) is 0 Å². The average molecular weight is 368 g/mol. The van der Waals surface area contributed by atoms with Crippen LogP contribution in [0.4, 0.5) is 4.39 Å². The number of ether oxygens (including phenoxy) is 1. The second kappa shape index (κ2) is 7.36. The fourth-order valence-electron chi connectivity index (χ4n) is 1.98. The van der Waals surface area contributed by atoms with E-state index >= 15 is 0 Å². The molecule has 3 N–H and O–H groups in total. The minimum Gasteiger partial charge on any atom is -0.381 e. The highest BCUT2D eigenvalue weighted by Crippen LogP contribution is 2.20. The first-order valence-electron chi connectivity index (χ1n) is 6.10. The second-order valence-corrected chi connectivity index (χ2v) is 5.54. The molecule has 0 saturated carbocycles. The van der Waals surface area contributed by atoms with Crippen molar-refractivity contribution in [1.29, 1.82) is 0 Å². The van der Waals surface area contributed by atoms with Crippen molar-refractivity contribution in [3.63, 3.8) is 0 Å². The highest BCUT2D eigenvalue weighted by Gasteiger charge is 2.35. The number of nitrogens with two attached hydrogens (primary N) is 1. The molecular formula is C13H17BrClFN2O2. The highest BCUT2D eigenvalue weighted by molar-refractivity contribution is 9.10. The standard InChI is InChI=1S/C13H16BrFN2O2.ClH/c14-11-7-10(15)2-1-9(11)8-17-12(18)13(16)3-5-19-6-4-13;/h1-2,7H,3-6,8,16H2,(H,17,18);1H. The van der Waals surface area contributed by atoms with E-state index < -0.39 is 5.54 Å². The van der Waals surface area contributed by atoms with Gasteiger partial charge in [-0.3, -0.25) is 4.79 Å². The van der Waals surface area contributed by atoms with Crippen molar-refractivity contribution in [3.05, 3.63) is 34.1 Å². The predicted octanol–water partition coefficient (Wildman–Crippen LogP) is 2.13. The van der Waals surface area contributed by atoms with Crippen LogP contribution in [0.1, 0.15) is 18.4 Å². The molecule has 7 heteroatoms. The highest BCUT2D eigenvalue weighted by atomic mass is 79.9. The van der Waals surface area contributed by atoms with Crippen molar-refractivity contribution < 1.29 is 13.9 Å². The topological polar surface area (TPSA) is 64.4 Å². The van der Waals surface area contributed by atoms with Gasteiger partial charge in [0.1, 0.15) is 5.82 Å². The summed E-state index contributed by atoms with van der Waals surface area (Å²) in [6.45, 7) is 1.33. The number of carbonyl (C=O) groups excluding carboxylic acids is 1. The van der Waals surface area contributed by atoms with E-state index in [0.29, 0.717) is 37.1 Å². The molecule has 20 heavy (non-hydrogen) atoms. The monoisotopic (exact) mass is 366 g/mol. The van der Waals surface area contributed by atoms with Gasteiger partial charge in [-0.05, 0) is 30.5 Å². The van der Waals surface area contributed by atoms with Crippen LogP contribution in [0.3, 0.4) is 0 Å². The van der Waals surface area contributed by atoms with Crippen molar-refractivity contribution in [2.24, 2.45) is 5.73 Å². The summed E-state index contributed by atoms with van der Waals surface area (Å²) in [5.41, 5.74) is 6.02. The number of nitrogens with one attached hydrogen (secondary N) is 1. The average Bonchev–Trinajstić information content (AvgIpc) is 2.38. The van der Waals surface area contributed by atoms with Gasteiger partial charge in [-0.25, -0.2) is 4.39 Å². The normalized spacial score (nSPS) is 17.1. The molecule has 0 aromatic heterocycles. The van der Waals surface area contributed by atoms with Crippen molar-refractivity contribution in [2.45, 2.75) is 24.9 Å². The van der Waals surface area contributed by atoms with Gasteiger partial charge in [-0.2, -0.15) is 0 Å². The molecule has 1 aliphatic rings. The van der Waals surface area contributed by atoms with Crippen LogP contribution in [0.5, 0.6) is 0 Å². The summed E-state index contributed by atoms with van der Waals surface area (Å²) >= 11 is 3.26. The van der Waals surface area contributed by atoms with Crippen LogP contribution in [-0.2, 0) is 16.1 Å². The van der Waals surface area contributed by atoms with Crippen LogP contribution in [0, 0.1) is 5.82 Å². The van der Waals surface area contributed by atoms with Gasteiger partial charge in [0.25, 0.3) is 0 Å². The molecule has 0 atom stereocenters. The minimum atomic E-state index is -0.856. The van der Waals surface area contributed by atoms with Crippen LogP contribution < -0.4 is 11.1 Å². The van der Waals surface area contributed by atoms with Crippen molar-refractivity contribution in [3.8, 4) is 0 Å². The lowest BCUT2D eigenvalue weighted by molar-refractivity contribution is -0.129. The maximum absolute atomic E-state index is 12.9. The first kappa shape index (κ1) is 17.4. The van der Waals surface area contributed by atoms with E-state index in [1.165, 1.54) is 12.1 Å². The van der Waals surface area contributed by atoms with Crippen LogP contribution in [-0.4, -0.2) is 24.7 Å². The van der Waals surface area contributed by atoms with Gasteiger partial charge in [-0.15, -0.1) is 12.4 Å². The molecule has 1 aromatic rings. The van der Waals surface area contributed by atoms with Gasteiger partial charge in [0.05, 0.1) is 5.54 Å². The molecule has 2 rings (SSSR count). The SMILES string of the molecule is Cl.NC1(C(=O)NCc2ccc(F)cc2Br)CCOCC1. The van der Waals surface area contributed by atoms with Crippen LogP contribution >= 0.6 is 28.3 Å². The molecule has 1 fully saturated rings. The number of rotatable bonds is 3. The van der Waals surface area contributed by atoms with Gasteiger partial charge < -0.3 is 15.8 Å². The second-order valence-electron chi connectivity index (χ2n) is 4.69. The Morgan fingerprint density at radius 2 is 2.10 bits per heavy atom. The molecule has 0 spiro atoms. The zero-order valence-corrected chi connectivity index (χ0v) is 13.2. The van der Waals surface area contributed by atoms with Gasteiger partial charge in [-0.1, -0.05) is 22.0 Å². The molecule has 0 aliphatic carbocycles. The van der Waals surface area contributed by atoms with E-state index in [1.807, 2.05) is 0 Å². The quantitative estimate of drug-likeness (QED) is 0.860. The maximum atomic E-state index is 12.9. The van der Waals surface area contributed by atoms with Crippen LogP contribution in [0.15, 0.2) is 22.7 Å². The summed E-state index contributed by atoms with van der Waals surface area (Å²) in [5.74, 6) is -0.506. The minimum absolute atomic E-state index is 0. The molecule has 1 heterocycles. The fraction of sp³-hybridized carbons (Fsp3) is 0.462. The van der Waals surface area contributed by atoms with Gasteiger partial charge >= 0.3 is 0 Å². The van der Waals surface area contributed by atoms with Crippen molar-refractivity contribution >= 4 is 34.2 Å². The number of benzene rings is 1. The third kappa shape index (κ3) is 4.15. The summed E-state index contributed by atoms with van der Waals surface area (Å²) in [4.78, 5) is 12.1. The Kier molecular flexibility index (Phi) is 6.39. The van der Waals surface area contributed by atoms with Gasteiger partial charge in [0.2, 0.25) is 5.91 Å². The molecule has 1 aromatic carbocycles.